The van der Waals surface area contributed by atoms with Gasteiger partial charge >= 0.3 is 0 Å². The van der Waals surface area contributed by atoms with E-state index in [1.165, 1.54) is 18.4 Å². The van der Waals surface area contributed by atoms with E-state index < -0.39 is 0 Å². The van der Waals surface area contributed by atoms with E-state index in [0.717, 1.165) is 41.6 Å². The van der Waals surface area contributed by atoms with E-state index in [-0.39, 0.29) is 17.1 Å². The normalized spacial score (nSPS) is 16.4. The molecule has 7 heteroatoms. The topological polar surface area (TPSA) is 79.7 Å². The van der Waals surface area contributed by atoms with Crippen LogP contribution in [0.2, 0.25) is 0 Å². The first-order valence-electron chi connectivity index (χ1n) is 12.4. The van der Waals surface area contributed by atoms with Gasteiger partial charge in [0.2, 0.25) is 0 Å². The highest BCUT2D eigenvalue weighted by Gasteiger charge is 2.37. The lowest BCUT2D eigenvalue weighted by Crippen LogP contribution is -2.42. The molecule has 0 spiro atoms. The maximum Gasteiger partial charge on any atom is 0.252 e. The van der Waals surface area contributed by atoms with Crippen LogP contribution in [-0.2, 0) is 12.1 Å². The molecule has 2 aromatic heterocycles. The molecule has 1 aromatic carbocycles. The monoisotopic (exact) mass is 450 g/mol. The number of nitrogens with zero attached hydrogens (tertiary/aromatic N) is 5. The van der Waals surface area contributed by atoms with E-state index in [1.54, 1.807) is 0 Å². The Balaban J connectivity index is 1.79. The van der Waals surface area contributed by atoms with Crippen LogP contribution in [0.25, 0.3) is 10.9 Å². The molecule has 1 aliphatic carbocycles. The van der Waals surface area contributed by atoms with Crippen LogP contribution in [0.3, 0.4) is 0 Å². The molecule has 0 saturated heterocycles. The summed E-state index contributed by atoms with van der Waals surface area (Å²) in [5.41, 5.74) is 2.69. The van der Waals surface area contributed by atoms with Crippen molar-refractivity contribution in [2.75, 3.05) is 0 Å². The first kappa shape index (κ1) is 23.6. The fraction of sp³-hybridized carbons (Fsp3) is 0.615. The molecule has 1 fully saturated rings. The molecule has 1 atom stereocenters. The molecular weight excluding hydrogens is 412 g/mol. The van der Waals surface area contributed by atoms with Gasteiger partial charge < -0.3 is 4.98 Å². The molecule has 0 amide bonds. The van der Waals surface area contributed by atoms with Gasteiger partial charge in [0.1, 0.15) is 0 Å². The maximum atomic E-state index is 13.1. The molecule has 33 heavy (non-hydrogen) atoms. The number of H-pyrrole nitrogens is 1. The van der Waals surface area contributed by atoms with Crippen molar-refractivity contribution in [1.82, 2.24) is 30.1 Å². The fourth-order valence-corrected chi connectivity index (χ4v) is 5.16. The quantitative estimate of drug-likeness (QED) is 0.516. The van der Waals surface area contributed by atoms with E-state index in [2.05, 4.69) is 79.1 Å². The second-order valence-electron chi connectivity index (χ2n) is 10.6. The highest BCUT2D eigenvalue weighted by atomic mass is 16.1. The number of benzene rings is 1. The summed E-state index contributed by atoms with van der Waals surface area (Å²) in [4.78, 5) is 18.7. The lowest BCUT2D eigenvalue weighted by Gasteiger charge is -2.39. The standard InChI is InChI=1S/C26H38N6O/c1-7-26(5,6)32-24(28-29-30-32)23(17(2)3)31(21-10-8-9-11-21)16-20-15-19-14-18(4)12-13-22(19)27-25(20)33/h12-15,17,21,23H,7-11,16H2,1-6H3,(H,27,33)/t23-/m0/s1. The highest BCUT2D eigenvalue weighted by molar-refractivity contribution is 5.79. The Labute approximate surface area is 196 Å². The van der Waals surface area contributed by atoms with Gasteiger partial charge in [0.25, 0.3) is 5.56 Å². The Bertz CT molecular complexity index is 1160. The van der Waals surface area contributed by atoms with Gasteiger partial charge in [-0.2, -0.15) is 0 Å². The zero-order valence-corrected chi connectivity index (χ0v) is 20.9. The lowest BCUT2D eigenvalue weighted by molar-refractivity contribution is 0.0791. The van der Waals surface area contributed by atoms with Crippen molar-refractivity contribution in [3.05, 3.63) is 51.6 Å². The molecule has 2 heterocycles. The number of pyridine rings is 1. The molecule has 0 bridgehead atoms. The van der Waals surface area contributed by atoms with E-state index in [1.807, 2.05) is 16.8 Å². The molecule has 1 saturated carbocycles. The third kappa shape index (κ3) is 4.74. The van der Waals surface area contributed by atoms with Crippen LogP contribution in [0.1, 0.15) is 89.7 Å². The Morgan fingerprint density at radius 2 is 1.94 bits per heavy atom. The second-order valence-corrected chi connectivity index (χ2v) is 10.6. The van der Waals surface area contributed by atoms with Crippen molar-refractivity contribution < 1.29 is 0 Å². The summed E-state index contributed by atoms with van der Waals surface area (Å²) in [7, 11) is 0. The molecule has 178 valence electrons. The number of aryl methyl sites for hydroxylation is 1. The Hall–Kier alpha value is -2.54. The molecule has 0 aliphatic heterocycles. The smallest absolute Gasteiger partial charge is 0.252 e. The summed E-state index contributed by atoms with van der Waals surface area (Å²) in [6.07, 6.45) is 5.68. The zero-order chi connectivity index (χ0) is 23.8. The van der Waals surface area contributed by atoms with Gasteiger partial charge in [-0.3, -0.25) is 9.69 Å². The molecule has 1 N–H and O–H groups in total. The predicted octanol–water partition coefficient (Wildman–Crippen LogP) is 5.11. The van der Waals surface area contributed by atoms with Gasteiger partial charge in [0, 0.05) is 23.7 Å². The minimum absolute atomic E-state index is 0.00895. The summed E-state index contributed by atoms with van der Waals surface area (Å²) in [6, 6.07) is 8.68. The third-order valence-corrected chi connectivity index (χ3v) is 7.41. The second kappa shape index (κ2) is 9.37. The summed E-state index contributed by atoms with van der Waals surface area (Å²) < 4.78 is 2.01. The Morgan fingerprint density at radius 3 is 2.61 bits per heavy atom. The number of hydrogen-bond donors (Lipinski definition) is 1. The van der Waals surface area contributed by atoms with Crippen molar-refractivity contribution in [1.29, 1.82) is 0 Å². The maximum absolute atomic E-state index is 13.1. The summed E-state index contributed by atoms with van der Waals surface area (Å²) in [5, 5.41) is 14.1. The van der Waals surface area contributed by atoms with Gasteiger partial charge in [0.15, 0.2) is 5.82 Å². The van der Waals surface area contributed by atoms with Crippen molar-refractivity contribution in [3.63, 3.8) is 0 Å². The Kier molecular flexibility index (Phi) is 6.71. The van der Waals surface area contributed by atoms with Crippen LogP contribution in [0, 0.1) is 12.8 Å². The fourth-order valence-electron chi connectivity index (χ4n) is 5.16. The van der Waals surface area contributed by atoms with Crippen LogP contribution < -0.4 is 5.56 Å². The molecule has 0 unspecified atom stereocenters. The molecule has 1 aliphatic rings. The van der Waals surface area contributed by atoms with Crippen LogP contribution in [0.4, 0.5) is 0 Å². The molecular formula is C26H38N6O. The first-order chi connectivity index (χ1) is 15.7. The third-order valence-electron chi connectivity index (χ3n) is 7.41. The van der Waals surface area contributed by atoms with Crippen molar-refractivity contribution in [3.8, 4) is 0 Å². The summed E-state index contributed by atoms with van der Waals surface area (Å²) >= 11 is 0. The molecule has 3 aromatic rings. The van der Waals surface area contributed by atoms with Gasteiger partial charge in [-0.1, -0.05) is 45.2 Å². The van der Waals surface area contributed by atoms with Gasteiger partial charge in [-0.25, -0.2) is 4.68 Å². The predicted molar refractivity (Wildman–Crippen MR) is 132 cm³/mol. The van der Waals surface area contributed by atoms with Crippen molar-refractivity contribution >= 4 is 10.9 Å². The van der Waals surface area contributed by atoms with Crippen LogP contribution in [0.5, 0.6) is 0 Å². The largest absolute Gasteiger partial charge is 0.322 e. The van der Waals surface area contributed by atoms with Crippen LogP contribution in [0.15, 0.2) is 29.1 Å². The molecule has 7 nitrogen and oxygen atoms in total. The lowest BCUT2D eigenvalue weighted by atomic mass is 9.95. The number of hydrogen-bond acceptors (Lipinski definition) is 5. The minimum Gasteiger partial charge on any atom is -0.322 e. The molecule has 4 rings (SSSR count). The van der Waals surface area contributed by atoms with E-state index >= 15 is 0 Å². The SMILES string of the molecule is CCC(C)(C)n1nnnc1[C@H](C(C)C)N(Cc1cc2cc(C)ccc2[nH]c1=O)C1CCCC1. The van der Waals surface area contributed by atoms with Gasteiger partial charge in [-0.05, 0) is 80.0 Å². The number of aromatic nitrogens is 5. The van der Waals surface area contributed by atoms with E-state index in [0.29, 0.717) is 18.5 Å². The average molecular weight is 451 g/mol. The Morgan fingerprint density at radius 1 is 1.21 bits per heavy atom. The van der Waals surface area contributed by atoms with Gasteiger partial charge in [-0.15, -0.1) is 5.10 Å². The number of fused-ring (bicyclic) bond motifs is 1. The summed E-state index contributed by atoms with van der Waals surface area (Å²) in [6.45, 7) is 13.7. The van der Waals surface area contributed by atoms with Crippen LogP contribution >= 0.6 is 0 Å². The molecule has 0 radical (unpaired) electrons. The highest BCUT2D eigenvalue weighted by Crippen LogP contribution is 2.37. The number of rotatable bonds is 8. The van der Waals surface area contributed by atoms with E-state index in [4.69, 9.17) is 0 Å². The van der Waals surface area contributed by atoms with Gasteiger partial charge in [0.05, 0.1) is 11.6 Å². The number of nitrogens with one attached hydrogen (secondary N) is 1. The number of tetrazole rings is 1. The minimum atomic E-state index is -0.175. The van der Waals surface area contributed by atoms with Crippen LogP contribution in [-0.4, -0.2) is 36.1 Å². The number of aromatic amines is 1. The first-order valence-corrected chi connectivity index (χ1v) is 12.4. The zero-order valence-electron chi connectivity index (χ0n) is 20.9. The average Bonchev–Trinajstić information content (AvgIpc) is 3.46. The van der Waals surface area contributed by atoms with E-state index in [9.17, 15) is 4.79 Å². The van der Waals surface area contributed by atoms with Crippen molar-refractivity contribution in [2.24, 2.45) is 5.92 Å². The van der Waals surface area contributed by atoms with Crippen molar-refractivity contribution in [2.45, 2.75) is 97.8 Å². The summed E-state index contributed by atoms with van der Waals surface area (Å²) in [5.74, 6) is 1.20.